The Kier molecular flexibility index (Phi) is 12.2. The lowest BCUT2D eigenvalue weighted by atomic mass is 9.84. The highest BCUT2D eigenvalue weighted by Crippen LogP contribution is 2.26. The van der Waals surface area contributed by atoms with Crippen LogP contribution in [-0.4, -0.2) is 85.6 Å². The molecule has 3 amide bonds. The predicted octanol–water partition coefficient (Wildman–Crippen LogP) is 5.66. The van der Waals surface area contributed by atoms with E-state index in [9.17, 15) is 9.59 Å². The van der Waals surface area contributed by atoms with Gasteiger partial charge in [0.15, 0.2) is 0 Å². The van der Waals surface area contributed by atoms with Crippen molar-refractivity contribution in [3.05, 3.63) is 35.9 Å². The van der Waals surface area contributed by atoms with E-state index in [2.05, 4.69) is 44.0 Å². The Morgan fingerprint density at radius 3 is 2.46 bits per heavy atom. The summed E-state index contributed by atoms with van der Waals surface area (Å²) in [6.07, 6.45) is 11.6. The highest BCUT2D eigenvalue weighted by Gasteiger charge is 2.25. The van der Waals surface area contributed by atoms with Crippen molar-refractivity contribution < 1.29 is 14.3 Å². The lowest BCUT2D eigenvalue weighted by Gasteiger charge is -2.37. The zero-order valence-electron chi connectivity index (χ0n) is 25.1. The van der Waals surface area contributed by atoms with Crippen LogP contribution in [0, 0.1) is 11.3 Å². The Morgan fingerprint density at radius 1 is 1.10 bits per heavy atom. The summed E-state index contributed by atoms with van der Waals surface area (Å²) in [5, 5.41) is 3.25. The average Bonchev–Trinajstić information content (AvgIpc) is 2.90. The molecule has 2 fully saturated rings. The number of hydrogen-bond acceptors (Lipinski definition) is 4. The molecule has 7 heteroatoms. The molecule has 0 radical (unpaired) electrons. The molecule has 39 heavy (non-hydrogen) atoms. The van der Waals surface area contributed by atoms with Gasteiger partial charge in [0.2, 0.25) is 5.91 Å². The minimum absolute atomic E-state index is 0.0904. The van der Waals surface area contributed by atoms with E-state index in [1.165, 1.54) is 19.3 Å². The first kappa shape index (κ1) is 31.0. The molecule has 7 nitrogen and oxygen atoms in total. The summed E-state index contributed by atoms with van der Waals surface area (Å²) < 4.78 is 5.47. The van der Waals surface area contributed by atoms with Crippen molar-refractivity contribution in [2.45, 2.75) is 78.7 Å². The Hall–Kier alpha value is -2.54. The van der Waals surface area contributed by atoms with Crippen LogP contribution in [0.5, 0.6) is 5.75 Å². The third-order valence-corrected chi connectivity index (χ3v) is 7.88. The second-order valence-electron chi connectivity index (χ2n) is 12.7. The second kappa shape index (κ2) is 15.3. The molecule has 1 unspecified atom stereocenters. The summed E-state index contributed by atoms with van der Waals surface area (Å²) in [6.45, 7) is 14.1. The number of rotatable bonds is 11. The summed E-state index contributed by atoms with van der Waals surface area (Å²) in [7, 11) is 1.68. The number of piperazine rings is 1. The third kappa shape index (κ3) is 10.9. The van der Waals surface area contributed by atoms with Gasteiger partial charge in [-0.3, -0.25) is 9.69 Å². The summed E-state index contributed by atoms with van der Waals surface area (Å²) in [5.74, 6) is 1.38. The Bertz CT molecular complexity index is 928. The fourth-order valence-electron chi connectivity index (χ4n) is 5.92. The van der Waals surface area contributed by atoms with Gasteiger partial charge in [-0.2, -0.15) is 0 Å². The van der Waals surface area contributed by atoms with Gasteiger partial charge in [0.1, 0.15) is 5.75 Å². The van der Waals surface area contributed by atoms with Gasteiger partial charge in [0.05, 0.1) is 7.11 Å². The first-order valence-electron chi connectivity index (χ1n) is 15.0. The number of nitrogens with one attached hydrogen (secondary N) is 1. The summed E-state index contributed by atoms with van der Waals surface area (Å²) >= 11 is 0. The maximum atomic E-state index is 13.4. The Morgan fingerprint density at radius 2 is 1.79 bits per heavy atom. The number of amides is 3. The van der Waals surface area contributed by atoms with E-state index in [0.717, 1.165) is 63.3 Å². The van der Waals surface area contributed by atoms with Gasteiger partial charge in [-0.15, -0.1) is 0 Å². The molecule has 1 aliphatic heterocycles. The van der Waals surface area contributed by atoms with Crippen molar-refractivity contribution in [2.75, 3.05) is 52.9 Å². The third-order valence-electron chi connectivity index (χ3n) is 7.88. The number of carbonyl (C=O) groups is 2. The summed E-state index contributed by atoms with van der Waals surface area (Å²) in [5.41, 5.74) is 1.22. The zero-order valence-corrected chi connectivity index (χ0v) is 25.1. The molecule has 0 spiro atoms. The summed E-state index contributed by atoms with van der Waals surface area (Å²) in [4.78, 5) is 32.5. The number of para-hydroxylation sites is 1. The van der Waals surface area contributed by atoms with Gasteiger partial charge in [0.25, 0.3) is 0 Å². The van der Waals surface area contributed by atoms with E-state index in [1.54, 1.807) is 7.11 Å². The topological polar surface area (TPSA) is 65.1 Å². The van der Waals surface area contributed by atoms with Crippen LogP contribution in [0.3, 0.4) is 0 Å². The van der Waals surface area contributed by atoms with Crippen molar-refractivity contribution in [1.29, 1.82) is 0 Å². The number of methoxy groups -OCH3 is 1. The van der Waals surface area contributed by atoms with Crippen molar-refractivity contribution in [3.63, 3.8) is 0 Å². The van der Waals surface area contributed by atoms with Gasteiger partial charge in [-0.05, 0) is 36.7 Å². The molecule has 0 bridgehead atoms. The Balaban J connectivity index is 1.53. The van der Waals surface area contributed by atoms with Crippen LogP contribution in [0.4, 0.5) is 4.79 Å². The maximum Gasteiger partial charge on any atom is 0.317 e. The first-order chi connectivity index (χ1) is 18.6. The van der Waals surface area contributed by atoms with Crippen LogP contribution >= 0.6 is 0 Å². The van der Waals surface area contributed by atoms with Crippen molar-refractivity contribution >= 4 is 18.0 Å². The highest BCUT2D eigenvalue weighted by molar-refractivity contribution is 5.77. The molecular weight excluding hydrogens is 488 g/mol. The second-order valence-corrected chi connectivity index (χ2v) is 12.7. The predicted molar refractivity (Wildman–Crippen MR) is 160 cm³/mol. The quantitative estimate of drug-likeness (QED) is 0.393. The molecule has 1 aromatic rings. The molecular formula is C32H52N4O3. The molecule has 218 valence electrons. The minimum Gasteiger partial charge on any atom is -0.496 e. The Labute approximate surface area is 236 Å². The van der Waals surface area contributed by atoms with E-state index in [0.29, 0.717) is 31.5 Å². The maximum absolute atomic E-state index is 13.4. The van der Waals surface area contributed by atoms with Crippen molar-refractivity contribution in [3.8, 4) is 5.75 Å². The van der Waals surface area contributed by atoms with E-state index in [1.807, 2.05) is 40.1 Å². The molecule has 1 atom stereocenters. The first-order valence-corrected chi connectivity index (χ1v) is 15.0. The van der Waals surface area contributed by atoms with E-state index >= 15 is 0 Å². The molecule has 1 aromatic carbocycles. The van der Waals surface area contributed by atoms with E-state index < -0.39 is 0 Å². The smallest absolute Gasteiger partial charge is 0.317 e. The van der Waals surface area contributed by atoms with Crippen LogP contribution in [0.25, 0.3) is 6.08 Å². The lowest BCUT2D eigenvalue weighted by Crippen LogP contribution is -2.54. The minimum atomic E-state index is 0.0904. The van der Waals surface area contributed by atoms with E-state index in [-0.39, 0.29) is 17.4 Å². The number of hydrogen-bond donors (Lipinski definition) is 1. The van der Waals surface area contributed by atoms with Crippen LogP contribution < -0.4 is 10.1 Å². The monoisotopic (exact) mass is 540 g/mol. The molecule has 2 aliphatic rings. The van der Waals surface area contributed by atoms with Crippen molar-refractivity contribution in [1.82, 2.24) is 20.0 Å². The lowest BCUT2D eigenvalue weighted by molar-refractivity contribution is -0.132. The average molecular weight is 541 g/mol. The molecule has 1 saturated heterocycles. The van der Waals surface area contributed by atoms with Gasteiger partial charge < -0.3 is 19.9 Å². The van der Waals surface area contributed by atoms with E-state index in [4.69, 9.17) is 4.74 Å². The number of carbonyl (C=O) groups excluding carboxylic acids is 2. The summed E-state index contributed by atoms with van der Waals surface area (Å²) in [6, 6.07) is 8.36. The van der Waals surface area contributed by atoms with Gasteiger partial charge >= 0.3 is 6.03 Å². The number of benzene rings is 1. The van der Waals surface area contributed by atoms with Gasteiger partial charge in [-0.25, -0.2) is 4.79 Å². The fraction of sp³-hybridized carbons (Fsp3) is 0.688. The van der Waals surface area contributed by atoms with Gasteiger partial charge in [-0.1, -0.05) is 77.3 Å². The van der Waals surface area contributed by atoms with Crippen LogP contribution in [-0.2, 0) is 4.79 Å². The van der Waals surface area contributed by atoms with Crippen LogP contribution in [0.2, 0.25) is 0 Å². The number of nitrogens with zero attached hydrogens (tertiary/aromatic N) is 3. The fourth-order valence-corrected chi connectivity index (χ4v) is 5.92. The molecule has 1 saturated carbocycles. The highest BCUT2D eigenvalue weighted by atomic mass is 16.5. The molecule has 3 rings (SSSR count). The van der Waals surface area contributed by atoms with Crippen LogP contribution in [0.15, 0.2) is 30.3 Å². The molecule has 0 aromatic heterocycles. The standard InChI is InChI=1S/C32H52N4O3/c1-26(25-32(2,3)4)24-30(37)35(17-11-13-27-12-9-10-16-29(27)39-5)21-18-34-19-22-36(23-20-34)31(38)33-28-14-7-6-8-15-28/h9-13,16,26,28H,6-8,14-15,17-25H2,1-5H3,(H,33,38). The normalized spacial score (nSPS) is 18.2. The number of ether oxygens (including phenoxy) is 1. The largest absolute Gasteiger partial charge is 0.496 e. The van der Waals surface area contributed by atoms with Gasteiger partial charge in [0, 0.05) is 63.8 Å². The molecule has 1 aliphatic carbocycles. The number of urea groups is 1. The molecule has 1 N–H and O–H groups in total. The zero-order chi connectivity index (χ0) is 28.3. The van der Waals surface area contributed by atoms with Crippen LogP contribution in [0.1, 0.15) is 78.2 Å². The SMILES string of the molecule is COc1ccccc1C=CCN(CCN1CCN(C(=O)NC2CCCCC2)CC1)C(=O)CC(C)CC(C)(C)C. The van der Waals surface area contributed by atoms with Crippen molar-refractivity contribution in [2.24, 2.45) is 11.3 Å². The molecule has 1 heterocycles.